The quantitative estimate of drug-likeness (QED) is 0.0262. The molecule has 0 heterocycles. The number of allylic oxidation sites excluding steroid dienone is 4. The van der Waals surface area contributed by atoms with E-state index in [-0.39, 0.29) is 31.1 Å². The molecule has 1 unspecified atom stereocenters. The van der Waals surface area contributed by atoms with E-state index in [0.29, 0.717) is 19.3 Å². The van der Waals surface area contributed by atoms with Crippen LogP contribution < -0.4 is 0 Å². The average Bonchev–Trinajstić information content (AvgIpc) is 3.28. The second-order valence-corrected chi connectivity index (χ2v) is 18.8. The highest BCUT2D eigenvalue weighted by molar-refractivity contribution is 5.71. The molecule has 0 aliphatic rings. The first-order valence-corrected chi connectivity index (χ1v) is 27.8. The van der Waals surface area contributed by atoms with Crippen LogP contribution >= 0.6 is 0 Å². The van der Waals surface area contributed by atoms with Crippen molar-refractivity contribution in [3.8, 4) is 0 Å². The van der Waals surface area contributed by atoms with Gasteiger partial charge < -0.3 is 14.2 Å². The van der Waals surface area contributed by atoms with Crippen LogP contribution in [0.2, 0.25) is 0 Å². The normalized spacial score (nSPS) is 12.1. The molecule has 6 nitrogen and oxygen atoms in total. The van der Waals surface area contributed by atoms with E-state index in [2.05, 4.69) is 45.1 Å². The fourth-order valence-electron chi connectivity index (χ4n) is 8.20. The van der Waals surface area contributed by atoms with Gasteiger partial charge in [-0.2, -0.15) is 0 Å². The highest BCUT2D eigenvalue weighted by Crippen LogP contribution is 2.16. The van der Waals surface area contributed by atoms with Gasteiger partial charge in [0.15, 0.2) is 6.10 Å². The van der Waals surface area contributed by atoms with Crippen molar-refractivity contribution in [2.75, 3.05) is 13.2 Å². The third-order valence-electron chi connectivity index (χ3n) is 12.4. The maximum Gasteiger partial charge on any atom is 0.306 e. The van der Waals surface area contributed by atoms with Gasteiger partial charge in [-0.1, -0.05) is 238 Å². The fourth-order valence-corrected chi connectivity index (χ4v) is 8.20. The number of hydrogen-bond donors (Lipinski definition) is 0. The largest absolute Gasteiger partial charge is 0.462 e. The summed E-state index contributed by atoms with van der Waals surface area (Å²) in [7, 11) is 0. The lowest BCUT2D eigenvalue weighted by Gasteiger charge is -2.18. The minimum absolute atomic E-state index is 0.0711. The van der Waals surface area contributed by atoms with E-state index in [1.165, 1.54) is 199 Å². The van der Waals surface area contributed by atoms with Crippen LogP contribution in [-0.4, -0.2) is 37.2 Å². The second-order valence-electron chi connectivity index (χ2n) is 18.8. The molecule has 0 spiro atoms. The van der Waals surface area contributed by atoms with Crippen LogP contribution in [0.3, 0.4) is 0 Å². The number of esters is 3. The molecule has 0 radical (unpaired) electrons. The number of carbonyl (C=O) groups excluding carboxylic acids is 3. The van der Waals surface area contributed by atoms with Crippen molar-refractivity contribution in [2.24, 2.45) is 0 Å². The first kappa shape index (κ1) is 60.9. The Morgan fingerprint density at radius 1 is 0.302 bits per heavy atom. The van der Waals surface area contributed by atoms with E-state index in [1.807, 2.05) is 0 Å². The summed E-state index contributed by atoms with van der Waals surface area (Å²) in [6.45, 7) is 6.63. The maximum absolute atomic E-state index is 12.8. The molecule has 0 aromatic heterocycles. The molecule has 0 N–H and O–H groups in total. The maximum atomic E-state index is 12.8. The highest BCUT2D eigenvalue weighted by Gasteiger charge is 2.19. The summed E-state index contributed by atoms with van der Waals surface area (Å²) in [6, 6.07) is 0. The van der Waals surface area contributed by atoms with E-state index in [1.54, 1.807) is 0 Å². The summed E-state index contributed by atoms with van der Waals surface area (Å²) < 4.78 is 16.8. The summed E-state index contributed by atoms with van der Waals surface area (Å²) in [4.78, 5) is 37.9. The van der Waals surface area contributed by atoms with Gasteiger partial charge in [-0.15, -0.1) is 0 Å². The van der Waals surface area contributed by atoms with Crippen LogP contribution in [0, 0.1) is 0 Å². The highest BCUT2D eigenvalue weighted by atomic mass is 16.6. The first-order chi connectivity index (χ1) is 31.0. The molecule has 0 fully saturated rings. The Balaban J connectivity index is 4.19. The summed E-state index contributed by atoms with van der Waals surface area (Å²) in [5.74, 6) is -0.869. The van der Waals surface area contributed by atoms with Gasteiger partial charge in [-0.05, 0) is 70.6 Å². The minimum Gasteiger partial charge on any atom is -0.462 e. The van der Waals surface area contributed by atoms with Gasteiger partial charge in [0, 0.05) is 19.3 Å². The minimum atomic E-state index is -0.770. The molecule has 6 heteroatoms. The fraction of sp³-hybridized carbons (Fsp3) is 0.877. The van der Waals surface area contributed by atoms with E-state index < -0.39 is 6.10 Å². The Kier molecular flexibility index (Phi) is 50.8. The van der Waals surface area contributed by atoms with Gasteiger partial charge in [-0.3, -0.25) is 14.4 Å². The van der Waals surface area contributed by atoms with Gasteiger partial charge in [0.05, 0.1) is 0 Å². The number of ether oxygens (including phenoxy) is 3. The van der Waals surface area contributed by atoms with E-state index in [9.17, 15) is 14.4 Å². The van der Waals surface area contributed by atoms with E-state index in [4.69, 9.17) is 14.2 Å². The summed E-state index contributed by atoms with van der Waals surface area (Å²) in [5.41, 5.74) is 0. The number of hydrogen-bond acceptors (Lipinski definition) is 6. The van der Waals surface area contributed by atoms with Crippen molar-refractivity contribution in [1.29, 1.82) is 0 Å². The van der Waals surface area contributed by atoms with E-state index >= 15 is 0 Å². The van der Waals surface area contributed by atoms with Crippen molar-refractivity contribution in [1.82, 2.24) is 0 Å². The van der Waals surface area contributed by atoms with Crippen LogP contribution in [0.1, 0.15) is 303 Å². The monoisotopic (exact) mass is 887 g/mol. The molecule has 63 heavy (non-hydrogen) atoms. The molecule has 0 aromatic carbocycles. The lowest BCUT2D eigenvalue weighted by atomic mass is 10.0. The van der Waals surface area contributed by atoms with Crippen LogP contribution in [0.15, 0.2) is 24.3 Å². The third kappa shape index (κ3) is 50.7. The second kappa shape index (κ2) is 52.5. The van der Waals surface area contributed by atoms with Gasteiger partial charge in [0.2, 0.25) is 0 Å². The zero-order valence-electron chi connectivity index (χ0n) is 42.4. The van der Waals surface area contributed by atoms with Crippen LogP contribution in [0.5, 0.6) is 0 Å². The van der Waals surface area contributed by atoms with Crippen molar-refractivity contribution >= 4 is 17.9 Å². The predicted octanol–water partition coefficient (Wildman–Crippen LogP) is 18.3. The molecule has 0 bridgehead atoms. The van der Waals surface area contributed by atoms with Crippen LogP contribution in [-0.2, 0) is 28.6 Å². The summed E-state index contributed by atoms with van der Waals surface area (Å²) >= 11 is 0. The number of unbranched alkanes of at least 4 members (excludes halogenated alkanes) is 36. The average molecular weight is 887 g/mol. The van der Waals surface area contributed by atoms with Gasteiger partial charge >= 0.3 is 17.9 Å². The number of rotatable bonds is 51. The Morgan fingerprint density at radius 3 is 0.825 bits per heavy atom. The molecule has 370 valence electrons. The SMILES string of the molecule is CCCCC/C=C\CCCCCCCC(=O)OC(COC(=O)CCCCCCCCCCCC)COC(=O)CCCCCCCCCCCCC/C=C\CCCCCCCCCC. The number of carbonyl (C=O) groups is 3. The topological polar surface area (TPSA) is 78.9 Å². The van der Waals surface area contributed by atoms with Crippen molar-refractivity contribution < 1.29 is 28.6 Å². The van der Waals surface area contributed by atoms with Gasteiger partial charge in [0.1, 0.15) is 13.2 Å². The molecule has 0 saturated heterocycles. The smallest absolute Gasteiger partial charge is 0.306 e. The van der Waals surface area contributed by atoms with Crippen molar-refractivity contribution in [3.63, 3.8) is 0 Å². The molecule has 0 saturated carbocycles. The summed E-state index contributed by atoms with van der Waals surface area (Å²) in [6.07, 6.45) is 60.3. The Labute approximate surface area is 392 Å². The molecule has 0 rings (SSSR count). The lowest BCUT2D eigenvalue weighted by Crippen LogP contribution is -2.30. The molecule has 1 atom stereocenters. The Morgan fingerprint density at radius 2 is 0.524 bits per heavy atom. The van der Waals surface area contributed by atoms with Crippen molar-refractivity contribution in [2.45, 2.75) is 309 Å². The van der Waals surface area contributed by atoms with Crippen LogP contribution in [0.25, 0.3) is 0 Å². The van der Waals surface area contributed by atoms with Crippen molar-refractivity contribution in [3.05, 3.63) is 24.3 Å². The predicted molar refractivity (Wildman–Crippen MR) is 270 cm³/mol. The standard InChI is InChI=1S/C57H106O6/c1-4-7-10-13-16-19-22-24-25-26-27-28-29-30-31-32-33-34-36-38-41-44-47-50-56(59)62-53-54(52-61-55(58)49-46-43-40-37-21-18-15-12-9-6-3)63-57(60)51-48-45-42-39-35-23-20-17-14-11-8-5-2/h17,20,26-27,54H,4-16,18-19,21-25,28-53H2,1-3H3/b20-17-,27-26-. The lowest BCUT2D eigenvalue weighted by molar-refractivity contribution is -0.167. The van der Waals surface area contributed by atoms with Gasteiger partial charge in [-0.25, -0.2) is 0 Å². The zero-order chi connectivity index (χ0) is 45.8. The molecule has 0 amide bonds. The van der Waals surface area contributed by atoms with Crippen LogP contribution in [0.4, 0.5) is 0 Å². The first-order valence-electron chi connectivity index (χ1n) is 27.8. The van der Waals surface area contributed by atoms with Gasteiger partial charge in [0.25, 0.3) is 0 Å². The molecule has 0 aromatic rings. The molecular formula is C57H106O6. The third-order valence-corrected chi connectivity index (χ3v) is 12.4. The van der Waals surface area contributed by atoms with E-state index in [0.717, 1.165) is 64.2 Å². The molecule has 0 aliphatic heterocycles. The Hall–Kier alpha value is -2.11. The Bertz CT molecular complexity index is 1020. The molecular weight excluding hydrogens is 781 g/mol. The molecule has 0 aliphatic carbocycles. The summed E-state index contributed by atoms with van der Waals surface area (Å²) in [5, 5.41) is 0. The zero-order valence-corrected chi connectivity index (χ0v) is 42.4.